The van der Waals surface area contributed by atoms with Crippen molar-refractivity contribution in [1.29, 1.82) is 0 Å². The number of amides is 3. The summed E-state index contributed by atoms with van der Waals surface area (Å²) >= 11 is 0. The molecule has 1 aromatic rings. The summed E-state index contributed by atoms with van der Waals surface area (Å²) in [7, 11) is 0. The largest absolute Gasteiger partial charge is 0.481 e. The van der Waals surface area contributed by atoms with E-state index in [0.29, 0.717) is 32.5 Å². The number of aliphatic carboxylic acids is 1. The van der Waals surface area contributed by atoms with Crippen LogP contribution in [0.2, 0.25) is 0 Å². The van der Waals surface area contributed by atoms with E-state index in [0.717, 1.165) is 5.56 Å². The van der Waals surface area contributed by atoms with Crippen molar-refractivity contribution in [2.24, 2.45) is 5.92 Å². The van der Waals surface area contributed by atoms with Crippen LogP contribution >= 0.6 is 0 Å². The van der Waals surface area contributed by atoms with E-state index in [4.69, 9.17) is 5.11 Å². The number of aryl methyl sites for hydroxylation is 1. The SMILES string of the molecule is Cc1ccc(CN2CCC(NC(=O)N3CCC(C(=O)O)C3)C2=O)cc1. The number of benzene rings is 1. The summed E-state index contributed by atoms with van der Waals surface area (Å²) in [5.74, 6) is -1.47. The van der Waals surface area contributed by atoms with Crippen LogP contribution in [0.4, 0.5) is 4.79 Å². The molecule has 2 aliphatic rings. The number of likely N-dealkylation sites (tertiary alicyclic amines) is 2. The van der Waals surface area contributed by atoms with Gasteiger partial charge < -0.3 is 20.2 Å². The average molecular weight is 345 g/mol. The standard InChI is InChI=1S/C18H23N3O4/c1-12-2-4-13(5-3-12)10-20-9-7-15(16(20)22)19-18(25)21-8-6-14(11-21)17(23)24/h2-5,14-15H,6-11H2,1H3,(H,19,25)(H,23,24). The highest BCUT2D eigenvalue weighted by molar-refractivity contribution is 5.89. The summed E-state index contributed by atoms with van der Waals surface area (Å²) in [6.45, 7) is 3.78. The number of hydrogen-bond acceptors (Lipinski definition) is 3. The first-order valence-electron chi connectivity index (χ1n) is 8.56. The molecule has 2 fully saturated rings. The zero-order valence-corrected chi connectivity index (χ0v) is 14.3. The van der Waals surface area contributed by atoms with Crippen molar-refractivity contribution in [3.05, 3.63) is 35.4 Å². The van der Waals surface area contributed by atoms with Crippen LogP contribution in [-0.4, -0.2) is 58.5 Å². The second-order valence-electron chi connectivity index (χ2n) is 6.81. The van der Waals surface area contributed by atoms with E-state index >= 15 is 0 Å². The molecular formula is C18H23N3O4. The van der Waals surface area contributed by atoms with Crippen LogP contribution < -0.4 is 5.32 Å². The zero-order chi connectivity index (χ0) is 18.0. The second kappa shape index (κ2) is 7.13. The van der Waals surface area contributed by atoms with E-state index in [1.165, 1.54) is 10.5 Å². The Morgan fingerprint density at radius 2 is 1.92 bits per heavy atom. The summed E-state index contributed by atoms with van der Waals surface area (Å²) in [4.78, 5) is 39.0. The van der Waals surface area contributed by atoms with Crippen LogP contribution in [0, 0.1) is 12.8 Å². The van der Waals surface area contributed by atoms with E-state index in [2.05, 4.69) is 5.32 Å². The first-order chi connectivity index (χ1) is 11.9. The quantitative estimate of drug-likeness (QED) is 0.858. The maximum atomic E-state index is 12.5. The van der Waals surface area contributed by atoms with Crippen molar-refractivity contribution in [3.63, 3.8) is 0 Å². The number of rotatable bonds is 4. The zero-order valence-electron chi connectivity index (χ0n) is 14.3. The highest BCUT2D eigenvalue weighted by Crippen LogP contribution is 2.19. The summed E-state index contributed by atoms with van der Waals surface area (Å²) in [5, 5.41) is 11.8. The summed E-state index contributed by atoms with van der Waals surface area (Å²) < 4.78 is 0. The molecule has 2 saturated heterocycles. The molecule has 25 heavy (non-hydrogen) atoms. The Hall–Kier alpha value is -2.57. The van der Waals surface area contributed by atoms with Crippen molar-refractivity contribution in [3.8, 4) is 0 Å². The smallest absolute Gasteiger partial charge is 0.318 e. The van der Waals surface area contributed by atoms with Gasteiger partial charge in [0.25, 0.3) is 0 Å². The normalized spacial score (nSPS) is 23.2. The Balaban J connectivity index is 1.52. The number of nitrogens with one attached hydrogen (secondary N) is 1. The van der Waals surface area contributed by atoms with Gasteiger partial charge in [0.15, 0.2) is 0 Å². The van der Waals surface area contributed by atoms with Gasteiger partial charge >= 0.3 is 12.0 Å². The Morgan fingerprint density at radius 1 is 1.20 bits per heavy atom. The highest BCUT2D eigenvalue weighted by Gasteiger charge is 2.36. The fraction of sp³-hybridized carbons (Fsp3) is 0.500. The fourth-order valence-corrected chi connectivity index (χ4v) is 3.33. The van der Waals surface area contributed by atoms with Gasteiger partial charge in [-0.3, -0.25) is 9.59 Å². The maximum absolute atomic E-state index is 12.5. The molecule has 2 heterocycles. The molecule has 2 N–H and O–H groups in total. The molecule has 3 amide bonds. The molecule has 0 spiro atoms. The average Bonchev–Trinajstić information content (AvgIpc) is 3.19. The number of carboxylic acid groups (broad SMARTS) is 1. The highest BCUT2D eigenvalue weighted by atomic mass is 16.4. The van der Waals surface area contributed by atoms with Crippen molar-refractivity contribution in [1.82, 2.24) is 15.1 Å². The first-order valence-corrected chi connectivity index (χ1v) is 8.56. The van der Waals surface area contributed by atoms with Crippen LogP contribution in [0.25, 0.3) is 0 Å². The Morgan fingerprint density at radius 3 is 2.56 bits per heavy atom. The van der Waals surface area contributed by atoms with Gasteiger partial charge in [-0.1, -0.05) is 29.8 Å². The van der Waals surface area contributed by atoms with Crippen molar-refractivity contribution in [2.75, 3.05) is 19.6 Å². The van der Waals surface area contributed by atoms with Crippen LogP contribution in [0.3, 0.4) is 0 Å². The lowest BCUT2D eigenvalue weighted by Crippen LogP contribution is -2.47. The molecular weight excluding hydrogens is 322 g/mol. The van der Waals surface area contributed by atoms with Gasteiger partial charge in [0.05, 0.1) is 5.92 Å². The van der Waals surface area contributed by atoms with E-state index in [9.17, 15) is 14.4 Å². The topological polar surface area (TPSA) is 90.0 Å². The minimum Gasteiger partial charge on any atom is -0.481 e. The predicted octanol–water partition coefficient (Wildman–Crippen LogP) is 1.21. The summed E-state index contributed by atoms with van der Waals surface area (Å²) in [6.07, 6.45) is 1.04. The Labute approximate surface area is 146 Å². The number of urea groups is 1. The van der Waals surface area contributed by atoms with Gasteiger partial charge in [-0.25, -0.2) is 4.79 Å². The lowest BCUT2D eigenvalue weighted by Gasteiger charge is -2.20. The van der Waals surface area contributed by atoms with Crippen molar-refractivity contribution < 1.29 is 19.5 Å². The third-order valence-electron chi connectivity index (χ3n) is 4.91. The van der Waals surface area contributed by atoms with Gasteiger partial charge in [-0.2, -0.15) is 0 Å². The number of hydrogen-bond donors (Lipinski definition) is 2. The van der Waals surface area contributed by atoms with Gasteiger partial charge in [0.2, 0.25) is 5.91 Å². The molecule has 7 nitrogen and oxygen atoms in total. The molecule has 0 aromatic heterocycles. The monoisotopic (exact) mass is 345 g/mol. The van der Waals surface area contributed by atoms with Gasteiger partial charge in [-0.15, -0.1) is 0 Å². The van der Waals surface area contributed by atoms with Crippen LogP contribution in [0.15, 0.2) is 24.3 Å². The van der Waals surface area contributed by atoms with Gasteiger partial charge in [0, 0.05) is 26.2 Å². The van der Waals surface area contributed by atoms with E-state index < -0.39 is 17.9 Å². The third-order valence-corrected chi connectivity index (χ3v) is 4.91. The Bertz CT molecular complexity index is 673. The van der Waals surface area contributed by atoms with Crippen LogP contribution in [0.5, 0.6) is 0 Å². The van der Waals surface area contributed by atoms with Crippen molar-refractivity contribution in [2.45, 2.75) is 32.4 Å². The second-order valence-corrected chi connectivity index (χ2v) is 6.81. The molecule has 0 radical (unpaired) electrons. The number of nitrogens with zero attached hydrogens (tertiary/aromatic N) is 2. The molecule has 2 atom stereocenters. The lowest BCUT2D eigenvalue weighted by atomic mass is 10.1. The summed E-state index contributed by atoms with van der Waals surface area (Å²) in [6, 6.07) is 7.17. The number of carbonyl (C=O) groups is 3. The lowest BCUT2D eigenvalue weighted by molar-refractivity contribution is -0.141. The fourth-order valence-electron chi connectivity index (χ4n) is 3.33. The molecule has 2 unspecified atom stereocenters. The Kier molecular flexibility index (Phi) is 4.92. The molecule has 3 rings (SSSR count). The molecule has 134 valence electrons. The molecule has 7 heteroatoms. The first kappa shape index (κ1) is 17.3. The molecule has 0 aliphatic carbocycles. The van der Waals surface area contributed by atoms with Crippen molar-refractivity contribution >= 4 is 17.9 Å². The minimum atomic E-state index is -0.878. The number of carbonyl (C=O) groups excluding carboxylic acids is 2. The predicted molar refractivity (Wildman–Crippen MR) is 90.8 cm³/mol. The maximum Gasteiger partial charge on any atom is 0.318 e. The van der Waals surface area contributed by atoms with Gasteiger partial charge in [-0.05, 0) is 25.3 Å². The van der Waals surface area contributed by atoms with Gasteiger partial charge in [0.1, 0.15) is 6.04 Å². The molecule has 0 bridgehead atoms. The van der Waals surface area contributed by atoms with E-state index in [1.807, 2.05) is 31.2 Å². The van der Waals surface area contributed by atoms with Crippen LogP contribution in [-0.2, 0) is 16.1 Å². The molecule has 1 aromatic carbocycles. The minimum absolute atomic E-state index is 0.0806. The number of carboxylic acids is 1. The molecule has 0 saturated carbocycles. The van der Waals surface area contributed by atoms with E-state index in [-0.39, 0.29) is 18.5 Å². The van der Waals surface area contributed by atoms with Crippen LogP contribution in [0.1, 0.15) is 24.0 Å². The van der Waals surface area contributed by atoms with E-state index in [1.54, 1.807) is 4.90 Å². The molecule has 2 aliphatic heterocycles. The summed E-state index contributed by atoms with van der Waals surface area (Å²) in [5.41, 5.74) is 2.24. The third kappa shape index (κ3) is 3.92.